The van der Waals surface area contributed by atoms with Crippen LogP contribution >= 0.6 is 0 Å². The fourth-order valence-electron chi connectivity index (χ4n) is 2.60. The number of phenolic OH excluding ortho intramolecular Hbond substituents is 1. The van der Waals surface area contributed by atoms with Gasteiger partial charge in [0.25, 0.3) is 0 Å². The minimum Gasteiger partial charge on any atom is -0.508 e. The average molecular weight is 247 g/mol. The van der Waals surface area contributed by atoms with Crippen molar-refractivity contribution in [1.82, 2.24) is 0 Å². The summed E-state index contributed by atoms with van der Waals surface area (Å²) in [4.78, 5) is 11.9. The largest absolute Gasteiger partial charge is 0.508 e. The van der Waals surface area contributed by atoms with Crippen LogP contribution in [0.2, 0.25) is 0 Å². The van der Waals surface area contributed by atoms with Gasteiger partial charge >= 0.3 is 0 Å². The van der Waals surface area contributed by atoms with Crippen LogP contribution < -0.4 is 5.32 Å². The molecular formula is C15H21NO2. The highest BCUT2D eigenvalue weighted by molar-refractivity contribution is 5.91. The predicted molar refractivity (Wildman–Crippen MR) is 72.7 cm³/mol. The molecule has 98 valence electrons. The van der Waals surface area contributed by atoms with Crippen molar-refractivity contribution in [3.05, 3.63) is 23.8 Å². The fraction of sp³-hybridized carbons (Fsp3) is 0.533. The van der Waals surface area contributed by atoms with Crippen LogP contribution in [0.3, 0.4) is 0 Å². The van der Waals surface area contributed by atoms with E-state index < -0.39 is 0 Å². The molecule has 18 heavy (non-hydrogen) atoms. The van der Waals surface area contributed by atoms with Crippen LogP contribution in [0.15, 0.2) is 18.2 Å². The number of carbonyl (C=O) groups excluding carboxylic acids is 1. The van der Waals surface area contributed by atoms with Crippen molar-refractivity contribution in [2.45, 2.75) is 45.4 Å². The van der Waals surface area contributed by atoms with Gasteiger partial charge < -0.3 is 10.4 Å². The molecule has 0 heterocycles. The molecule has 0 saturated heterocycles. The number of aryl methyl sites for hydroxylation is 1. The number of benzene rings is 1. The predicted octanol–water partition coefficient (Wildman–Crippen LogP) is 3.61. The third kappa shape index (κ3) is 3.49. The third-order valence-electron chi connectivity index (χ3n) is 3.68. The number of hydrogen-bond acceptors (Lipinski definition) is 2. The van der Waals surface area contributed by atoms with Crippen molar-refractivity contribution < 1.29 is 9.90 Å². The topological polar surface area (TPSA) is 49.3 Å². The third-order valence-corrected chi connectivity index (χ3v) is 3.68. The number of hydrogen-bond donors (Lipinski definition) is 2. The Morgan fingerprint density at radius 2 is 2.06 bits per heavy atom. The van der Waals surface area contributed by atoms with Gasteiger partial charge in [0.15, 0.2) is 0 Å². The fourth-order valence-corrected chi connectivity index (χ4v) is 2.60. The summed E-state index contributed by atoms with van der Waals surface area (Å²) in [7, 11) is 0. The van der Waals surface area contributed by atoms with Gasteiger partial charge in [0.05, 0.1) is 0 Å². The molecule has 0 bridgehead atoms. The standard InChI is InChI=1S/C15H21NO2/c1-11-9-13(7-8-14(11)17)16-15(18)10-12-5-3-2-4-6-12/h7-9,12,17H,2-6,10H2,1H3,(H,16,18). The molecule has 0 unspecified atom stereocenters. The van der Waals surface area contributed by atoms with Gasteiger partial charge in [-0.2, -0.15) is 0 Å². The van der Waals surface area contributed by atoms with Crippen LogP contribution in [0.1, 0.15) is 44.1 Å². The van der Waals surface area contributed by atoms with Crippen LogP contribution in [0.4, 0.5) is 5.69 Å². The minimum atomic E-state index is 0.0898. The summed E-state index contributed by atoms with van der Waals surface area (Å²) in [6.45, 7) is 1.83. The van der Waals surface area contributed by atoms with E-state index in [2.05, 4.69) is 5.32 Å². The second-order valence-electron chi connectivity index (χ2n) is 5.26. The molecule has 1 fully saturated rings. The molecule has 2 rings (SSSR count). The summed E-state index contributed by atoms with van der Waals surface area (Å²) in [5.74, 6) is 0.907. The number of rotatable bonds is 3. The van der Waals surface area contributed by atoms with E-state index in [1.165, 1.54) is 32.1 Å². The van der Waals surface area contributed by atoms with Crippen LogP contribution in [-0.4, -0.2) is 11.0 Å². The van der Waals surface area contributed by atoms with E-state index in [0.717, 1.165) is 11.3 Å². The molecule has 1 amide bonds. The lowest BCUT2D eigenvalue weighted by atomic mass is 9.87. The molecule has 1 aromatic carbocycles. The lowest BCUT2D eigenvalue weighted by Crippen LogP contribution is -2.18. The molecule has 1 aromatic rings. The number of aromatic hydroxyl groups is 1. The van der Waals surface area contributed by atoms with Crippen molar-refractivity contribution in [2.24, 2.45) is 5.92 Å². The summed E-state index contributed by atoms with van der Waals surface area (Å²) in [6, 6.07) is 5.15. The molecule has 0 aliphatic heterocycles. The quantitative estimate of drug-likeness (QED) is 0.802. The van der Waals surface area contributed by atoms with Gasteiger partial charge in [-0.05, 0) is 49.4 Å². The van der Waals surface area contributed by atoms with Gasteiger partial charge in [-0.3, -0.25) is 4.79 Å². The summed E-state index contributed by atoms with van der Waals surface area (Å²) in [5.41, 5.74) is 1.55. The maximum atomic E-state index is 11.9. The monoisotopic (exact) mass is 247 g/mol. The first-order chi connectivity index (χ1) is 8.65. The first-order valence-electron chi connectivity index (χ1n) is 6.74. The van der Waals surface area contributed by atoms with E-state index in [1.807, 2.05) is 6.92 Å². The zero-order valence-electron chi connectivity index (χ0n) is 10.9. The Bertz CT molecular complexity index is 423. The SMILES string of the molecule is Cc1cc(NC(=O)CC2CCCCC2)ccc1O. The van der Waals surface area contributed by atoms with Crippen molar-refractivity contribution in [1.29, 1.82) is 0 Å². The number of amides is 1. The second-order valence-corrected chi connectivity index (χ2v) is 5.26. The molecule has 0 aromatic heterocycles. The Hall–Kier alpha value is -1.51. The summed E-state index contributed by atoms with van der Waals surface area (Å²) in [6.07, 6.45) is 6.83. The molecule has 0 atom stereocenters. The Kier molecular flexibility index (Phi) is 4.24. The summed E-state index contributed by atoms with van der Waals surface area (Å²) in [5, 5.41) is 12.3. The van der Waals surface area contributed by atoms with Gasteiger partial charge in [-0.1, -0.05) is 19.3 Å². The highest BCUT2D eigenvalue weighted by Gasteiger charge is 2.17. The summed E-state index contributed by atoms with van der Waals surface area (Å²) < 4.78 is 0. The molecule has 1 aliphatic rings. The minimum absolute atomic E-state index is 0.0898. The van der Waals surface area contributed by atoms with Crippen LogP contribution in [0.25, 0.3) is 0 Å². The average Bonchev–Trinajstić information content (AvgIpc) is 2.35. The van der Waals surface area contributed by atoms with Crippen LogP contribution in [0.5, 0.6) is 5.75 Å². The lowest BCUT2D eigenvalue weighted by Gasteiger charge is -2.20. The zero-order valence-corrected chi connectivity index (χ0v) is 10.9. The van der Waals surface area contributed by atoms with E-state index >= 15 is 0 Å². The maximum absolute atomic E-state index is 11.9. The van der Waals surface area contributed by atoms with Gasteiger partial charge in [-0.25, -0.2) is 0 Å². The van der Waals surface area contributed by atoms with E-state index in [1.54, 1.807) is 18.2 Å². The van der Waals surface area contributed by atoms with Crippen molar-refractivity contribution >= 4 is 11.6 Å². The maximum Gasteiger partial charge on any atom is 0.224 e. The molecule has 0 spiro atoms. The molecule has 0 radical (unpaired) electrons. The zero-order chi connectivity index (χ0) is 13.0. The van der Waals surface area contributed by atoms with E-state index in [-0.39, 0.29) is 11.7 Å². The van der Waals surface area contributed by atoms with Gasteiger partial charge in [0, 0.05) is 12.1 Å². The molecular weight excluding hydrogens is 226 g/mol. The van der Waals surface area contributed by atoms with Crippen LogP contribution in [-0.2, 0) is 4.79 Å². The van der Waals surface area contributed by atoms with Gasteiger partial charge in [0.2, 0.25) is 5.91 Å². The van der Waals surface area contributed by atoms with E-state index in [9.17, 15) is 9.90 Å². The first kappa shape index (κ1) is 12.9. The normalized spacial score (nSPS) is 16.5. The van der Waals surface area contributed by atoms with Gasteiger partial charge in [-0.15, -0.1) is 0 Å². The Labute approximate surface area is 108 Å². The smallest absolute Gasteiger partial charge is 0.224 e. The number of nitrogens with one attached hydrogen (secondary N) is 1. The molecule has 2 N–H and O–H groups in total. The number of phenols is 1. The molecule has 3 heteroatoms. The Balaban J connectivity index is 1.88. The second kappa shape index (κ2) is 5.89. The van der Waals surface area contributed by atoms with E-state index in [0.29, 0.717) is 12.3 Å². The van der Waals surface area contributed by atoms with Crippen LogP contribution in [0, 0.1) is 12.8 Å². The summed E-state index contributed by atoms with van der Waals surface area (Å²) >= 11 is 0. The highest BCUT2D eigenvalue weighted by Crippen LogP contribution is 2.27. The Morgan fingerprint density at radius 1 is 1.33 bits per heavy atom. The Morgan fingerprint density at radius 3 is 2.72 bits per heavy atom. The van der Waals surface area contributed by atoms with Crippen molar-refractivity contribution in [3.8, 4) is 5.75 Å². The van der Waals surface area contributed by atoms with Gasteiger partial charge in [0.1, 0.15) is 5.75 Å². The molecule has 1 aliphatic carbocycles. The lowest BCUT2D eigenvalue weighted by molar-refractivity contribution is -0.117. The molecule has 3 nitrogen and oxygen atoms in total. The first-order valence-corrected chi connectivity index (χ1v) is 6.74. The van der Waals surface area contributed by atoms with E-state index in [4.69, 9.17) is 0 Å². The van der Waals surface area contributed by atoms with Crippen molar-refractivity contribution in [3.63, 3.8) is 0 Å². The molecule has 1 saturated carbocycles. The number of anilines is 1. The number of carbonyl (C=O) groups is 1. The van der Waals surface area contributed by atoms with Crippen molar-refractivity contribution in [2.75, 3.05) is 5.32 Å². The highest BCUT2D eigenvalue weighted by atomic mass is 16.3.